The molecule has 3 atom stereocenters. The van der Waals surface area contributed by atoms with Gasteiger partial charge in [-0.05, 0) is 25.3 Å². The van der Waals surface area contributed by atoms with Crippen LogP contribution in [0.2, 0.25) is 0 Å². The van der Waals surface area contributed by atoms with E-state index in [2.05, 4.69) is 26.1 Å². The molecule has 4 heteroatoms. The van der Waals surface area contributed by atoms with Crippen LogP contribution in [0.4, 0.5) is 0 Å². The Morgan fingerprint density at radius 3 is 2.27 bits per heavy atom. The fourth-order valence-electron chi connectivity index (χ4n) is 3.85. The molecule has 2 amide bonds. The molecular weight excluding hydrogens is 276 g/mol. The summed E-state index contributed by atoms with van der Waals surface area (Å²) in [6.45, 7) is 3.42. The summed E-state index contributed by atoms with van der Waals surface area (Å²) < 4.78 is 0. The molecule has 1 saturated carbocycles. The number of rotatable bonds is 4. The van der Waals surface area contributed by atoms with E-state index in [1.807, 2.05) is 12.1 Å². The van der Waals surface area contributed by atoms with Gasteiger partial charge in [-0.1, -0.05) is 37.1 Å². The number of hydrogen-bond donors (Lipinski definition) is 1. The van der Waals surface area contributed by atoms with Crippen LogP contribution in [0.1, 0.15) is 36.8 Å². The average Bonchev–Trinajstić information content (AvgIpc) is 2.75. The molecule has 118 valence electrons. The van der Waals surface area contributed by atoms with Crippen LogP contribution in [-0.2, 0) is 16.1 Å². The van der Waals surface area contributed by atoms with Gasteiger partial charge in [-0.2, -0.15) is 0 Å². The van der Waals surface area contributed by atoms with E-state index in [0.29, 0.717) is 6.67 Å². The van der Waals surface area contributed by atoms with Gasteiger partial charge in [0.15, 0.2) is 6.67 Å². The Bertz CT molecular complexity index is 560. The maximum atomic E-state index is 12.5. The summed E-state index contributed by atoms with van der Waals surface area (Å²) in [5.74, 6) is 0.0673. The second-order valence-electron chi connectivity index (χ2n) is 6.82. The second kappa shape index (κ2) is 6.21. The fraction of sp³-hybridized carbons (Fsp3) is 0.556. The van der Waals surface area contributed by atoms with E-state index >= 15 is 0 Å². The highest BCUT2D eigenvalue weighted by atomic mass is 16.2. The van der Waals surface area contributed by atoms with Gasteiger partial charge in [0.1, 0.15) is 6.54 Å². The quantitative estimate of drug-likeness (QED) is 0.848. The number of hydrogen-bond acceptors (Lipinski definition) is 2. The van der Waals surface area contributed by atoms with Crippen LogP contribution >= 0.6 is 0 Å². The van der Waals surface area contributed by atoms with Gasteiger partial charge in [-0.25, -0.2) is 4.90 Å². The lowest BCUT2D eigenvalue weighted by atomic mass is 9.81. The molecule has 1 aliphatic carbocycles. The van der Waals surface area contributed by atoms with Crippen molar-refractivity contribution >= 4 is 11.8 Å². The lowest BCUT2D eigenvalue weighted by Gasteiger charge is -2.21. The predicted molar refractivity (Wildman–Crippen MR) is 83.9 cm³/mol. The van der Waals surface area contributed by atoms with Gasteiger partial charge in [-0.3, -0.25) is 9.59 Å². The van der Waals surface area contributed by atoms with Crippen molar-refractivity contribution in [1.29, 1.82) is 0 Å². The Morgan fingerprint density at radius 2 is 1.68 bits per heavy atom. The van der Waals surface area contributed by atoms with Crippen molar-refractivity contribution < 1.29 is 14.5 Å². The van der Waals surface area contributed by atoms with E-state index in [1.165, 1.54) is 20.9 Å². The third-order valence-corrected chi connectivity index (χ3v) is 5.11. The molecule has 4 nitrogen and oxygen atoms in total. The molecule has 22 heavy (non-hydrogen) atoms. The molecule has 1 saturated heterocycles. The van der Waals surface area contributed by atoms with Crippen LogP contribution < -0.4 is 4.90 Å². The molecule has 1 unspecified atom stereocenters. The molecule has 1 aromatic rings. The Hall–Kier alpha value is -1.68. The first kappa shape index (κ1) is 15.2. The molecular formula is C18H25N2O2+. The van der Waals surface area contributed by atoms with Crippen LogP contribution in [0.15, 0.2) is 24.3 Å². The van der Waals surface area contributed by atoms with Gasteiger partial charge in [0, 0.05) is 5.56 Å². The van der Waals surface area contributed by atoms with Crippen molar-refractivity contribution in [2.45, 2.75) is 39.2 Å². The number of likely N-dealkylation sites (tertiary alicyclic amines) is 1. The summed E-state index contributed by atoms with van der Waals surface area (Å²) in [6.07, 6.45) is 3.95. The first-order chi connectivity index (χ1) is 10.6. The van der Waals surface area contributed by atoms with Crippen LogP contribution in [-0.4, -0.2) is 30.4 Å². The lowest BCUT2D eigenvalue weighted by molar-refractivity contribution is -0.901. The number of carbonyl (C=O) groups is 2. The zero-order valence-corrected chi connectivity index (χ0v) is 13.5. The molecule has 1 N–H and O–H groups in total. The van der Waals surface area contributed by atoms with Crippen LogP contribution in [0, 0.1) is 18.8 Å². The van der Waals surface area contributed by atoms with E-state index < -0.39 is 0 Å². The smallest absolute Gasteiger partial charge is 0.237 e. The van der Waals surface area contributed by atoms with Crippen LogP contribution in [0.25, 0.3) is 0 Å². The number of fused-ring (bicyclic) bond motifs is 1. The predicted octanol–water partition coefficient (Wildman–Crippen LogP) is 1.14. The SMILES string of the molecule is Cc1ccccc1C[NH+](C)CN1C(=O)[C@H]2CCCC[C@H]2C1=O. The number of nitrogens with zero attached hydrogens (tertiary/aromatic N) is 1. The first-order valence-corrected chi connectivity index (χ1v) is 8.29. The highest BCUT2D eigenvalue weighted by Gasteiger charge is 2.48. The van der Waals surface area contributed by atoms with Crippen molar-refractivity contribution in [3.63, 3.8) is 0 Å². The van der Waals surface area contributed by atoms with Crippen molar-refractivity contribution in [3.05, 3.63) is 35.4 Å². The van der Waals surface area contributed by atoms with E-state index in [1.54, 1.807) is 0 Å². The number of imide groups is 1. The number of quaternary nitrogens is 1. The minimum Gasteiger partial charge on any atom is -0.316 e. The summed E-state index contributed by atoms with van der Waals surface area (Å²) in [7, 11) is 2.05. The fourth-order valence-corrected chi connectivity index (χ4v) is 3.85. The Kier molecular flexibility index (Phi) is 4.30. The van der Waals surface area contributed by atoms with Crippen molar-refractivity contribution in [2.24, 2.45) is 11.8 Å². The number of benzene rings is 1. The van der Waals surface area contributed by atoms with E-state index in [4.69, 9.17) is 0 Å². The van der Waals surface area contributed by atoms with Crippen LogP contribution in [0.3, 0.4) is 0 Å². The van der Waals surface area contributed by atoms with Crippen molar-refractivity contribution in [3.8, 4) is 0 Å². The van der Waals surface area contributed by atoms with Gasteiger partial charge in [0.25, 0.3) is 0 Å². The minimum atomic E-state index is -0.0347. The van der Waals surface area contributed by atoms with E-state index in [9.17, 15) is 9.59 Å². The molecule has 0 spiro atoms. The third-order valence-electron chi connectivity index (χ3n) is 5.11. The maximum absolute atomic E-state index is 12.5. The third kappa shape index (κ3) is 2.80. The highest BCUT2D eigenvalue weighted by Crippen LogP contribution is 2.37. The second-order valence-corrected chi connectivity index (χ2v) is 6.82. The summed E-state index contributed by atoms with van der Waals surface area (Å²) >= 11 is 0. The van der Waals surface area contributed by atoms with Gasteiger partial charge in [-0.15, -0.1) is 0 Å². The molecule has 3 rings (SSSR count). The monoisotopic (exact) mass is 301 g/mol. The van der Waals surface area contributed by atoms with Crippen molar-refractivity contribution in [2.75, 3.05) is 13.7 Å². The van der Waals surface area contributed by atoms with Gasteiger partial charge in [0.05, 0.1) is 18.9 Å². The Morgan fingerprint density at radius 1 is 1.09 bits per heavy atom. The van der Waals surface area contributed by atoms with Gasteiger partial charge >= 0.3 is 0 Å². The highest BCUT2D eigenvalue weighted by molar-refractivity contribution is 6.05. The molecule has 2 fully saturated rings. The molecule has 0 radical (unpaired) electrons. The molecule has 0 bridgehead atoms. The summed E-state index contributed by atoms with van der Waals surface area (Å²) in [4.78, 5) is 27.7. The number of nitrogens with one attached hydrogen (secondary N) is 1. The number of carbonyl (C=O) groups excluding carboxylic acids is 2. The topological polar surface area (TPSA) is 41.8 Å². The normalized spacial score (nSPS) is 26.2. The zero-order chi connectivity index (χ0) is 15.7. The van der Waals surface area contributed by atoms with Crippen molar-refractivity contribution in [1.82, 2.24) is 4.90 Å². The summed E-state index contributed by atoms with van der Waals surface area (Å²) in [6, 6.07) is 8.29. The van der Waals surface area contributed by atoms with E-state index in [-0.39, 0.29) is 23.7 Å². The summed E-state index contributed by atoms with van der Waals surface area (Å²) in [5, 5.41) is 0. The Labute approximate surface area is 132 Å². The number of amides is 2. The van der Waals surface area contributed by atoms with E-state index in [0.717, 1.165) is 32.2 Å². The maximum Gasteiger partial charge on any atom is 0.237 e. The molecule has 1 aromatic carbocycles. The zero-order valence-electron chi connectivity index (χ0n) is 13.5. The van der Waals surface area contributed by atoms with Crippen LogP contribution in [0.5, 0.6) is 0 Å². The largest absolute Gasteiger partial charge is 0.316 e. The molecule has 1 heterocycles. The molecule has 0 aromatic heterocycles. The Balaban J connectivity index is 1.66. The first-order valence-electron chi connectivity index (χ1n) is 8.29. The standard InChI is InChI=1S/C18H24N2O2/c1-13-7-3-4-8-14(13)11-19(2)12-20-17(21)15-9-5-6-10-16(15)18(20)22/h3-4,7-8,15-16H,5-6,9-12H2,1-2H3/p+1/t15-,16+. The van der Waals surface area contributed by atoms with Gasteiger partial charge in [0.2, 0.25) is 11.8 Å². The van der Waals surface area contributed by atoms with Gasteiger partial charge < -0.3 is 4.90 Å². The lowest BCUT2D eigenvalue weighted by Crippen LogP contribution is -3.09. The minimum absolute atomic E-state index is 0.0347. The number of aryl methyl sites for hydroxylation is 1. The molecule has 1 aliphatic heterocycles. The summed E-state index contributed by atoms with van der Waals surface area (Å²) in [5.41, 5.74) is 2.53. The molecule has 2 aliphatic rings. The average molecular weight is 301 g/mol.